The largest absolute Gasteiger partial charge is 0.497 e. The zero-order chi connectivity index (χ0) is 18.4. The van der Waals surface area contributed by atoms with Gasteiger partial charge in [0.15, 0.2) is 0 Å². The van der Waals surface area contributed by atoms with Gasteiger partial charge in [-0.3, -0.25) is 9.69 Å². The van der Waals surface area contributed by atoms with E-state index in [4.69, 9.17) is 4.74 Å². The summed E-state index contributed by atoms with van der Waals surface area (Å²) in [6.07, 6.45) is 1.10. The Kier molecular flexibility index (Phi) is 5.04. The molecule has 0 radical (unpaired) electrons. The summed E-state index contributed by atoms with van der Waals surface area (Å²) >= 11 is 0. The second kappa shape index (κ2) is 7.49. The minimum absolute atomic E-state index is 0. The number of carbonyl (C=O) groups excluding carboxylic acids is 1. The first-order valence-electron chi connectivity index (χ1n) is 9.50. The van der Waals surface area contributed by atoms with Gasteiger partial charge in [-0.15, -0.1) is 12.4 Å². The van der Waals surface area contributed by atoms with Crippen LogP contribution < -0.4 is 10.1 Å². The standard InChI is InChI=1S/C22H23N3O2.ClH/c1-27-16-7-8-18-17(11-16)19-15-9-10-25(13-15)21(20(19)24-18)22(26)23-12-14-5-3-2-4-6-14;/h2-8,11,15,21,24H,9-10,12-13H2,1H3,(H,23,26);1H. The Morgan fingerprint density at radius 3 is 2.86 bits per heavy atom. The fourth-order valence-corrected chi connectivity index (χ4v) is 4.61. The molecule has 2 bridgehead atoms. The van der Waals surface area contributed by atoms with Crippen molar-refractivity contribution in [2.45, 2.75) is 24.9 Å². The van der Waals surface area contributed by atoms with Crippen LogP contribution in [0.3, 0.4) is 0 Å². The number of amides is 1. The van der Waals surface area contributed by atoms with Crippen molar-refractivity contribution in [3.63, 3.8) is 0 Å². The molecule has 1 saturated heterocycles. The fraction of sp³-hybridized carbons (Fsp3) is 0.318. The molecule has 2 aliphatic rings. The van der Waals surface area contributed by atoms with Crippen LogP contribution in [0.2, 0.25) is 0 Å². The van der Waals surface area contributed by atoms with Crippen LogP contribution in [0, 0.1) is 0 Å². The number of rotatable bonds is 4. The summed E-state index contributed by atoms with van der Waals surface area (Å²) in [5.74, 6) is 1.41. The Balaban J connectivity index is 0.00000192. The van der Waals surface area contributed by atoms with E-state index < -0.39 is 0 Å². The minimum atomic E-state index is -0.249. The van der Waals surface area contributed by atoms with Crippen LogP contribution in [0.5, 0.6) is 5.75 Å². The number of aromatic amines is 1. The van der Waals surface area contributed by atoms with Crippen LogP contribution in [0.25, 0.3) is 10.9 Å². The van der Waals surface area contributed by atoms with Gasteiger partial charge in [0.05, 0.1) is 7.11 Å². The number of ether oxygens (including phenoxy) is 1. The third-order valence-corrected chi connectivity index (χ3v) is 5.90. The quantitative estimate of drug-likeness (QED) is 0.704. The Labute approximate surface area is 170 Å². The number of H-pyrrole nitrogens is 1. The lowest BCUT2D eigenvalue weighted by Crippen LogP contribution is -2.41. The second-order valence-corrected chi connectivity index (χ2v) is 7.45. The van der Waals surface area contributed by atoms with Crippen molar-refractivity contribution in [1.29, 1.82) is 0 Å². The summed E-state index contributed by atoms with van der Waals surface area (Å²) in [6.45, 7) is 2.46. The van der Waals surface area contributed by atoms with Crippen molar-refractivity contribution in [2.24, 2.45) is 0 Å². The Bertz CT molecular complexity index is 1000. The monoisotopic (exact) mass is 397 g/mol. The predicted molar refractivity (Wildman–Crippen MR) is 112 cm³/mol. The molecule has 1 amide bonds. The molecule has 5 rings (SSSR count). The van der Waals surface area contributed by atoms with Gasteiger partial charge in [-0.2, -0.15) is 0 Å². The molecule has 5 nitrogen and oxygen atoms in total. The smallest absolute Gasteiger partial charge is 0.243 e. The Morgan fingerprint density at radius 2 is 2.07 bits per heavy atom. The molecular formula is C22H24ClN3O2. The summed E-state index contributed by atoms with van der Waals surface area (Å²) in [5.41, 5.74) is 4.55. The van der Waals surface area contributed by atoms with Crippen LogP contribution in [-0.2, 0) is 11.3 Å². The molecular weight excluding hydrogens is 374 g/mol. The zero-order valence-electron chi connectivity index (χ0n) is 15.8. The van der Waals surface area contributed by atoms with Gasteiger partial charge in [-0.25, -0.2) is 0 Å². The van der Waals surface area contributed by atoms with Crippen LogP contribution >= 0.6 is 12.4 Å². The molecule has 6 heteroatoms. The van der Waals surface area contributed by atoms with Crippen molar-refractivity contribution in [3.05, 3.63) is 65.4 Å². The zero-order valence-corrected chi connectivity index (χ0v) is 16.6. The van der Waals surface area contributed by atoms with E-state index in [1.54, 1.807) is 7.11 Å². The number of benzene rings is 2. The topological polar surface area (TPSA) is 57.4 Å². The van der Waals surface area contributed by atoms with Gasteiger partial charge in [-0.1, -0.05) is 30.3 Å². The van der Waals surface area contributed by atoms with Crippen LogP contribution in [0.4, 0.5) is 0 Å². The summed E-state index contributed by atoms with van der Waals surface area (Å²) in [4.78, 5) is 19.0. The van der Waals surface area contributed by atoms with Gasteiger partial charge in [0.2, 0.25) is 5.91 Å². The highest BCUT2D eigenvalue weighted by atomic mass is 35.5. The Hall–Kier alpha value is -2.50. The van der Waals surface area contributed by atoms with Gasteiger partial charge >= 0.3 is 0 Å². The second-order valence-electron chi connectivity index (χ2n) is 7.45. The number of methoxy groups -OCH3 is 1. The van der Waals surface area contributed by atoms with Crippen molar-refractivity contribution >= 4 is 29.2 Å². The van der Waals surface area contributed by atoms with Crippen molar-refractivity contribution in [2.75, 3.05) is 20.2 Å². The number of halogens is 1. The van der Waals surface area contributed by atoms with Gasteiger partial charge in [-0.05, 0) is 42.3 Å². The number of carbonyl (C=O) groups is 1. The molecule has 28 heavy (non-hydrogen) atoms. The molecule has 2 N–H and O–H groups in total. The maximum Gasteiger partial charge on any atom is 0.243 e. The number of aromatic nitrogens is 1. The van der Waals surface area contributed by atoms with Crippen molar-refractivity contribution < 1.29 is 9.53 Å². The normalized spacial score (nSPS) is 22.4. The highest BCUT2D eigenvalue weighted by Crippen LogP contribution is 2.46. The number of nitrogens with zero attached hydrogens (tertiary/aromatic N) is 1. The molecule has 146 valence electrons. The number of hydrogen-bond donors (Lipinski definition) is 2. The lowest BCUT2D eigenvalue weighted by molar-refractivity contribution is -0.126. The molecule has 3 aromatic rings. The lowest BCUT2D eigenvalue weighted by atomic mass is 9.90. The third-order valence-electron chi connectivity index (χ3n) is 5.90. The molecule has 2 aromatic carbocycles. The molecule has 0 saturated carbocycles. The lowest BCUT2D eigenvalue weighted by Gasteiger charge is -2.31. The van der Waals surface area contributed by atoms with E-state index >= 15 is 0 Å². The van der Waals surface area contributed by atoms with E-state index in [-0.39, 0.29) is 24.4 Å². The average molecular weight is 398 g/mol. The number of nitrogens with one attached hydrogen (secondary N) is 2. The first kappa shape index (κ1) is 18.8. The summed E-state index contributed by atoms with van der Waals surface area (Å²) in [5, 5.41) is 4.33. The molecule has 3 atom stereocenters. The highest BCUT2D eigenvalue weighted by molar-refractivity contribution is 5.91. The Morgan fingerprint density at radius 1 is 1.25 bits per heavy atom. The van der Waals surface area contributed by atoms with Gasteiger partial charge in [0.1, 0.15) is 11.8 Å². The third kappa shape index (κ3) is 3.05. The summed E-state index contributed by atoms with van der Waals surface area (Å²) < 4.78 is 5.42. The van der Waals surface area contributed by atoms with Crippen LogP contribution in [-0.4, -0.2) is 36.0 Å². The highest BCUT2D eigenvalue weighted by Gasteiger charge is 2.43. The van der Waals surface area contributed by atoms with Crippen molar-refractivity contribution in [1.82, 2.24) is 15.2 Å². The summed E-state index contributed by atoms with van der Waals surface area (Å²) in [7, 11) is 1.69. The van der Waals surface area contributed by atoms with E-state index in [2.05, 4.69) is 27.3 Å². The molecule has 3 unspecified atom stereocenters. The van der Waals surface area contributed by atoms with Crippen LogP contribution in [0.1, 0.15) is 35.2 Å². The number of hydrogen-bond acceptors (Lipinski definition) is 3. The molecule has 0 aliphatic carbocycles. The fourth-order valence-electron chi connectivity index (χ4n) is 4.61. The van der Waals surface area contributed by atoms with Gasteiger partial charge < -0.3 is 15.0 Å². The van der Waals surface area contributed by atoms with E-state index in [9.17, 15) is 4.79 Å². The maximum atomic E-state index is 13.1. The van der Waals surface area contributed by atoms with E-state index in [0.717, 1.165) is 42.0 Å². The first-order chi connectivity index (χ1) is 13.2. The predicted octanol–water partition coefficient (Wildman–Crippen LogP) is 3.76. The SMILES string of the molecule is COc1ccc2[nH]c3c(c2c1)C1CCN(C1)C3C(=O)NCc1ccccc1.Cl. The minimum Gasteiger partial charge on any atom is -0.497 e. The molecule has 1 fully saturated rings. The van der Waals surface area contributed by atoms with Crippen LogP contribution in [0.15, 0.2) is 48.5 Å². The van der Waals surface area contributed by atoms with Gasteiger partial charge in [0, 0.05) is 35.6 Å². The molecule has 3 heterocycles. The average Bonchev–Trinajstić information content (AvgIpc) is 3.29. The van der Waals surface area contributed by atoms with E-state index in [1.165, 1.54) is 10.9 Å². The molecule has 2 aliphatic heterocycles. The van der Waals surface area contributed by atoms with Gasteiger partial charge in [0.25, 0.3) is 0 Å². The van der Waals surface area contributed by atoms with E-state index in [1.807, 2.05) is 36.4 Å². The molecule has 0 spiro atoms. The number of fused-ring (bicyclic) bond motifs is 6. The van der Waals surface area contributed by atoms with E-state index in [0.29, 0.717) is 12.5 Å². The maximum absolute atomic E-state index is 13.1. The first-order valence-corrected chi connectivity index (χ1v) is 9.50. The van der Waals surface area contributed by atoms with Crippen molar-refractivity contribution in [3.8, 4) is 5.75 Å². The summed E-state index contributed by atoms with van der Waals surface area (Å²) in [6, 6.07) is 15.9. The molecule has 1 aromatic heterocycles.